The fourth-order valence-electron chi connectivity index (χ4n) is 2.21. The number of unbranched alkanes of at least 4 members (excludes halogenated alkanes) is 6. The second-order valence-electron chi connectivity index (χ2n) is 5.72. The van der Waals surface area contributed by atoms with Gasteiger partial charge in [0.1, 0.15) is 0 Å². The first-order valence-electron chi connectivity index (χ1n) is 8.79. The van der Waals surface area contributed by atoms with E-state index in [9.17, 15) is 4.79 Å². The number of hydrogen-bond donors (Lipinski definition) is 0. The molecule has 0 amide bonds. The Balaban J connectivity index is 4.21. The van der Waals surface area contributed by atoms with Gasteiger partial charge < -0.3 is 4.84 Å². The summed E-state index contributed by atoms with van der Waals surface area (Å²) in [6.45, 7) is 10.00. The summed E-state index contributed by atoms with van der Waals surface area (Å²) in [6, 6.07) is 0. The van der Waals surface area contributed by atoms with Gasteiger partial charge in [-0.3, -0.25) is 0 Å². The molecule has 0 spiro atoms. The molecule has 124 valence electrons. The lowest BCUT2D eigenvalue weighted by atomic mass is 10.2. The molecule has 0 rings (SSSR count). The minimum absolute atomic E-state index is 0.192. The smallest absolute Gasteiger partial charge is 0.352 e. The summed E-state index contributed by atoms with van der Waals surface area (Å²) in [5.74, 6) is -0.192. The summed E-state index contributed by atoms with van der Waals surface area (Å²) in [5.41, 5.74) is 0.713. The van der Waals surface area contributed by atoms with Crippen molar-refractivity contribution in [3.63, 3.8) is 0 Å². The summed E-state index contributed by atoms with van der Waals surface area (Å²) in [7, 11) is 0. The second-order valence-corrected chi connectivity index (χ2v) is 5.72. The van der Waals surface area contributed by atoms with Crippen LogP contribution in [0.1, 0.15) is 85.5 Å². The standard InChI is InChI=1S/C18H35NO2/c1-5-8-10-12-15-19(16-13-11-9-6-2)21-18(20)17(4)14-7-3/h14H,5-13,15-16H2,1-4H3. The Morgan fingerprint density at radius 2 is 1.43 bits per heavy atom. The van der Waals surface area contributed by atoms with Crippen LogP contribution in [0.3, 0.4) is 0 Å². The van der Waals surface area contributed by atoms with Gasteiger partial charge in [0.2, 0.25) is 0 Å². The molecule has 3 heteroatoms. The number of rotatable bonds is 13. The third kappa shape index (κ3) is 11.5. The molecule has 0 radical (unpaired) electrons. The van der Waals surface area contributed by atoms with Gasteiger partial charge in [-0.15, -0.1) is 5.06 Å². The average Bonchev–Trinajstić information content (AvgIpc) is 2.47. The molecular weight excluding hydrogens is 262 g/mol. The highest BCUT2D eigenvalue weighted by Gasteiger charge is 2.12. The SMILES string of the molecule is CCC=C(C)C(=O)ON(CCCCCC)CCCCCC. The predicted octanol–water partition coefficient (Wildman–Crippen LogP) is 5.26. The Bertz CT molecular complexity index is 275. The lowest BCUT2D eigenvalue weighted by Gasteiger charge is -2.21. The van der Waals surface area contributed by atoms with Gasteiger partial charge in [-0.1, -0.05) is 65.4 Å². The van der Waals surface area contributed by atoms with E-state index in [0.717, 1.165) is 32.4 Å². The fourth-order valence-corrected chi connectivity index (χ4v) is 2.21. The minimum atomic E-state index is -0.192. The zero-order chi connectivity index (χ0) is 15.9. The van der Waals surface area contributed by atoms with Crippen molar-refractivity contribution in [2.45, 2.75) is 85.5 Å². The van der Waals surface area contributed by atoms with Gasteiger partial charge >= 0.3 is 5.97 Å². The third-order valence-electron chi connectivity index (χ3n) is 3.57. The predicted molar refractivity (Wildman–Crippen MR) is 90.0 cm³/mol. The van der Waals surface area contributed by atoms with Crippen LogP contribution < -0.4 is 0 Å². The van der Waals surface area contributed by atoms with Crippen LogP contribution in [0.4, 0.5) is 0 Å². The lowest BCUT2D eigenvalue weighted by Crippen LogP contribution is -2.30. The van der Waals surface area contributed by atoms with Crippen molar-refractivity contribution in [3.8, 4) is 0 Å². The Morgan fingerprint density at radius 3 is 1.86 bits per heavy atom. The topological polar surface area (TPSA) is 29.5 Å². The van der Waals surface area contributed by atoms with Crippen molar-refractivity contribution in [2.24, 2.45) is 0 Å². The van der Waals surface area contributed by atoms with Crippen LogP contribution in [-0.2, 0) is 9.63 Å². The van der Waals surface area contributed by atoms with E-state index in [1.165, 1.54) is 38.5 Å². The summed E-state index contributed by atoms with van der Waals surface area (Å²) in [5, 5.41) is 1.88. The first-order valence-corrected chi connectivity index (χ1v) is 8.79. The molecule has 0 aromatic rings. The number of nitrogens with zero attached hydrogens (tertiary/aromatic N) is 1. The zero-order valence-corrected chi connectivity index (χ0v) is 14.6. The van der Waals surface area contributed by atoms with Crippen LogP contribution in [0.5, 0.6) is 0 Å². The van der Waals surface area contributed by atoms with Gasteiger partial charge in [0.15, 0.2) is 0 Å². The molecule has 0 fully saturated rings. The van der Waals surface area contributed by atoms with Gasteiger partial charge in [-0.2, -0.15) is 0 Å². The number of hydroxylamine groups is 2. The third-order valence-corrected chi connectivity index (χ3v) is 3.57. The van der Waals surface area contributed by atoms with Crippen LogP contribution in [0.2, 0.25) is 0 Å². The molecule has 0 saturated carbocycles. The van der Waals surface area contributed by atoms with Gasteiger partial charge in [0.25, 0.3) is 0 Å². The maximum Gasteiger partial charge on any atom is 0.352 e. The van der Waals surface area contributed by atoms with Gasteiger partial charge in [-0.05, 0) is 26.2 Å². The molecule has 0 aliphatic carbocycles. The molecule has 0 N–H and O–H groups in total. The molecule has 0 aliphatic heterocycles. The molecule has 0 aromatic carbocycles. The number of carbonyl (C=O) groups is 1. The molecule has 0 aliphatic rings. The molecule has 3 nitrogen and oxygen atoms in total. The van der Waals surface area contributed by atoms with Crippen molar-refractivity contribution in [1.82, 2.24) is 5.06 Å². The van der Waals surface area contributed by atoms with E-state index in [0.29, 0.717) is 5.57 Å². The fraction of sp³-hybridized carbons (Fsp3) is 0.833. The summed E-state index contributed by atoms with van der Waals surface area (Å²) < 4.78 is 0. The Morgan fingerprint density at radius 1 is 0.905 bits per heavy atom. The molecule has 0 bridgehead atoms. The quantitative estimate of drug-likeness (QED) is 0.264. The van der Waals surface area contributed by atoms with E-state index in [-0.39, 0.29) is 5.97 Å². The highest BCUT2D eigenvalue weighted by Crippen LogP contribution is 2.08. The number of carbonyl (C=O) groups excluding carboxylic acids is 1. The van der Waals surface area contributed by atoms with E-state index in [1.54, 1.807) is 0 Å². The molecule has 0 unspecified atom stereocenters. The van der Waals surface area contributed by atoms with E-state index in [2.05, 4.69) is 13.8 Å². The van der Waals surface area contributed by atoms with Crippen LogP contribution in [0.25, 0.3) is 0 Å². The second kappa shape index (κ2) is 14.1. The highest BCUT2D eigenvalue weighted by atomic mass is 16.7. The Labute approximate surface area is 131 Å². The average molecular weight is 297 g/mol. The maximum atomic E-state index is 12.0. The normalized spacial score (nSPS) is 12.0. The molecule has 0 heterocycles. The van der Waals surface area contributed by atoms with Gasteiger partial charge in [-0.25, -0.2) is 4.79 Å². The van der Waals surface area contributed by atoms with E-state index in [1.807, 2.05) is 25.0 Å². The summed E-state index contributed by atoms with van der Waals surface area (Å²) in [4.78, 5) is 17.5. The van der Waals surface area contributed by atoms with E-state index < -0.39 is 0 Å². The van der Waals surface area contributed by atoms with Crippen LogP contribution >= 0.6 is 0 Å². The molecule has 0 atom stereocenters. The zero-order valence-electron chi connectivity index (χ0n) is 14.6. The molecule has 0 aromatic heterocycles. The van der Waals surface area contributed by atoms with Crippen LogP contribution in [0.15, 0.2) is 11.6 Å². The summed E-state index contributed by atoms with van der Waals surface area (Å²) >= 11 is 0. The maximum absolute atomic E-state index is 12.0. The largest absolute Gasteiger partial charge is 0.364 e. The van der Waals surface area contributed by atoms with Gasteiger partial charge in [0.05, 0.1) is 0 Å². The molecular formula is C18H35NO2. The number of allylic oxidation sites excluding steroid dienone is 1. The van der Waals surface area contributed by atoms with Crippen molar-refractivity contribution < 1.29 is 9.63 Å². The Hall–Kier alpha value is -0.830. The highest BCUT2D eigenvalue weighted by molar-refractivity contribution is 5.87. The molecule has 0 saturated heterocycles. The first kappa shape index (κ1) is 20.2. The van der Waals surface area contributed by atoms with Gasteiger partial charge in [0, 0.05) is 18.7 Å². The van der Waals surface area contributed by atoms with E-state index >= 15 is 0 Å². The van der Waals surface area contributed by atoms with Crippen molar-refractivity contribution in [3.05, 3.63) is 11.6 Å². The monoisotopic (exact) mass is 297 g/mol. The van der Waals surface area contributed by atoms with E-state index in [4.69, 9.17) is 4.84 Å². The van der Waals surface area contributed by atoms with Crippen LogP contribution in [0, 0.1) is 0 Å². The minimum Gasteiger partial charge on any atom is -0.364 e. The lowest BCUT2D eigenvalue weighted by molar-refractivity contribution is -0.186. The van der Waals surface area contributed by atoms with Crippen LogP contribution in [-0.4, -0.2) is 24.1 Å². The van der Waals surface area contributed by atoms with Crippen molar-refractivity contribution in [1.29, 1.82) is 0 Å². The van der Waals surface area contributed by atoms with Crippen molar-refractivity contribution in [2.75, 3.05) is 13.1 Å². The molecule has 21 heavy (non-hydrogen) atoms. The Kier molecular flexibility index (Phi) is 13.6. The first-order chi connectivity index (χ1) is 10.2. The number of hydrogen-bond acceptors (Lipinski definition) is 3. The summed E-state index contributed by atoms with van der Waals surface area (Å²) in [6.07, 6.45) is 12.4. The van der Waals surface area contributed by atoms with Crippen molar-refractivity contribution >= 4 is 5.97 Å².